The van der Waals surface area contributed by atoms with Crippen molar-refractivity contribution in [1.82, 2.24) is 15.0 Å². The average Bonchev–Trinajstić information content (AvgIpc) is 2.97. The van der Waals surface area contributed by atoms with E-state index in [1.54, 1.807) is 0 Å². The molecule has 0 saturated carbocycles. The van der Waals surface area contributed by atoms with Crippen molar-refractivity contribution in [3.05, 3.63) is 53.3 Å². The van der Waals surface area contributed by atoms with Crippen molar-refractivity contribution in [2.45, 2.75) is 6.92 Å². The predicted molar refractivity (Wildman–Crippen MR) is 86.7 cm³/mol. The Morgan fingerprint density at radius 2 is 1.91 bits per heavy atom. The van der Waals surface area contributed by atoms with Gasteiger partial charge in [0.05, 0.1) is 5.69 Å². The molecule has 22 heavy (non-hydrogen) atoms. The number of hydrogen-bond acceptors (Lipinski definition) is 6. The van der Waals surface area contributed by atoms with Crippen molar-refractivity contribution >= 4 is 28.2 Å². The first-order chi connectivity index (χ1) is 10.6. The Labute approximate surface area is 131 Å². The van der Waals surface area contributed by atoms with Crippen LogP contribution in [0.2, 0.25) is 0 Å². The van der Waals surface area contributed by atoms with Crippen LogP contribution in [-0.4, -0.2) is 20.9 Å². The predicted octanol–water partition coefficient (Wildman–Crippen LogP) is 2.74. The van der Waals surface area contributed by atoms with Crippen molar-refractivity contribution in [1.29, 1.82) is 0 Å². The lowest BCUT2D eigenvalue weighted by Crippen LogP contribution is -2.16. The molecule has 0 unspecified atom stereocenters. The maximum atomic E-state index is 12.1. The molecule has 0 aliphatic carbocycles. The highest BCUT2D eigenvalue weighted by molar-refractivity contribution is 7.14. The Kier molecular flexibility index (Phi) is 3.80. The van der Waals surface area contributed by atoms with Gasteiger partial charge in [0.1, 0.15) is 0 Å². The van der Waals surface area contributed by atoms with Gasteiger partial charge in [0.25, 0.3) is 5.91 Å². The van der Waals surface area contributed by atoms with Crippen LogP contribution in [0.4, 0.5) is 10.9 Å². The zero-order valence-corrected chi connectivity index (χ0v) is 12.6. The minimum atomic E-state index is -0.421. The van der Waals surface area contributed by atoms with E-state index in [9.17, 15) is 4.79 Å². The molecule has 0 spiro atoms. The van der Waals surface area contributed by atoms with Gasteiger partial charge in [0, 0.05) is 23.3 Å². The van der Waals surface area contributed by atoms with Gasteiger partial charge in [-0.3, -0.25) is 10.1 Å². The number of nitrogens with one attached hydrogen (secondary N) is 1. The molecule has 1 amide bonds. The summed E-state index contributed by atoms with van der Waals surface area (Å²) in [6.07, 6.45) is 2.86. The number of carbonyl (C=O) groups is 1. The third-order valence-electron chi connectivity index (χ3n) is 3.01. The first-order valence-electron chi connectivity index (χ1n) is 6.54. The first-order valence-corrected chi connectivity index (χ1v) is 7.42. The lowest BCUT2D eigenvalue weighted by Gasteiger charge is -2.02. The van der Waals surface area contributed by atoms with Gasteiger partial charge in [-0.15, -0.1) is 11.3 Å². The Morgan fingerprint density at radius 3 is 2.64 bits per heavy atom. The second-order valence-corrected chi connectivity index (χ2v) is 5.51. The second-order valence-electron chi connectivity index (χ2n) is 4.65. The van der Waals surface area contributed by atoms with E-state index >= 15 is 0 Å². The van der Waals surface area contributed by atoms with Crippen molar-refractivity contribution in [3.8, 4) is 11.3 Å². The van der Waals surface area contributed by atoms with Crippen LogP contribution in [0.5, 0.6) is 0 Å². The number of carbonyl (C=O) groups excluding carboxylic acids is 1. The lowest BCUT2D eigenvalue weighted by atomic mass is 10.1. The fourth-order valence-electron chi connectivity index (χ4n) is 1.87. The lowest BCUT2D eigenvalue weighted by molar-refractivity contribution is 0.102. The largest absolute Gasteiger partial charge is 0.382 e. The number of thiazole rings is 1. The van der Waals surface area contributed by atoms with E-state index in [-0.39, 0.29) is 11.5 Å². The van der Waals surface area contributed by atoms with Gasteiger partial charge < -0.3 is 5.73 Å². The van der Waals surface area contributed by atoms with E-state index in [0.29, 0.717) is 5.13 Å². The molecule has 7 heteroatoms. The summed E-state index contributed by atoms with van der Waals surface area (Å²) in [6, 6.07) is 8.04. The number of nitrogens with two attached hydrogens (primary N) is 1. The fraction of sp³-hybridized carbons (Fsp3) is 0.0667. The summed E-state index contributed by atoms with van der Waals surface area (Å²) in [5.74, 6) is -0.328. The summed E-state index contributed by atoms with van der Waals surface area (Å²) in [7, 11) is 0. The third kappa shape index (κ3) is 2.94. The molecule has 0 aliphatic heterocycles. The number of hydrogen-bond donors (Lipinski definition) is 2. The number of nitrogens with zero attached hydrogens (tertiary/aromatic N) is 3. The molecule has 3 rings (SSSR count). The molecule has 2 aromatic heterocycles. The van der Waals surface area contributed by atoms with E-state index in [0.717, 1.165) is 11.3 Å². The van der Waals surface area contributed by atoms with Crippen LogP contribution in [0, 0.1) is 6.92 Å². The highest BCUT2D eigenvalue weighted by Gasteiger charge is 2.14. The summed E-state index contributed by atoms with van der Waals surface area (Å²) in [5, 5.41) is 5.07. The minimum absolute atomic E-state index is 0.0922. The molecule has 3 aromatic rings. The van der Waals surface area contributed by atoms with Crippen molar-refractivity contribution in [2.24, 2.45) is 0 Å². The number of aromatic nitrogens is 3. The molecule has 2 heterocycles. The number of nitrogen functional groups attached to an aromatic ring is 1. The molecule has 0 radical (unpaired) electrons. The summed E-state index contributed by atoms with van der Waals surface area (Å²) < 4.78 is 0. The minimum Gasteiger partial charge on any atom is -0.382 e. The van der Waals surface area contributed by atoms with Crippen LogP contribution in [0.15, 0.2) is 42.0 Å². The van der Waals surface area contributed by atoms with Gasteiger partial charge in [0.15, 0.2) is 16.6 Å². The second kappa shape index (κ2) is 5.90. The van der Waals surface area contributed by atoms with Crippen LogP contribution in [0.3, 0.4) is 0 Å². The Bertz CT molecular complexity index is 813. The van der Waals surface area contributed by atoms with E-state index in [1.165, 1.54) is 29.3 Å². The van der Waals surface area contributed by atoms with Gasteiger partial charge in [-0.1, -0.05) is 29.8 Å². The summed E-state index contributed by atoms with van der Waals surface area (Å²) in [5.41, 5.74) is 8.73. The number of amides is 1. The van der Waals surface area contributed by atoms with E-state index < -0.39 is 5.91 Å². The Morgan fingerprint density at radius 1 is 1.18 bits per heavy atom. The third-order valence-corrected chi connectivity index (χ3v) is 3.77. The molecule has 1 aromatic carbocycles. The zero-order valence-electron chi connectivity index (χ0n) is 11.8. The molecular formula is C15H13N5OS. The SMILES string of the molecule is Cc1ccc(-c2csc(NC(=O)c3nccnc3N)n2)cc1. The van der Waals surface area contributed by atoms with Gasteiger partial charge in [0.2, 0.25) is 0 Å². The standard InChI is InChI=1S/C15H13N5OS/c1-9-2-4-10(5-3-9)11-8-22-15(19-11)20-14(21)12-13(16)18-7-6-17-12/h2-8H,1H3,(H2,16,18)(H,19,20,21). The Hall–Kier alpha value is -2.80. The maximum Gasteiger partial charge on any atom is 0.279 e. The van der Waals surface area contributed by atoms with Crippen molar-refractivity contribution < 1.29 is 4.79 Å². The molecule has 0 fully saturated rings. The van der Waals surface area contributed by atoms with Crippen LogP contribution in [-0.2, 0) is 0 Å². The number of anilines is 2. The molecule has 0 saturated heterocycles. The van der Waals surface area contributed by atoms with Crippen LogP contribution in [0.25, 0.3) is 11.3 Å². The monoisotopic (exact) mass is 311 g/mol. The molecule has 110 valence electrons. The average molecular weight is 311 g/mol. The van der Waals surface area contributed by atoms with E-state index in [1.807, 2.05) is 36.6 Å². The van der Waals surface area contributed by atoms with Crippen molar-refractivity contribution in [2.75, 3.05) is 11.1 Å². The van der Waals surface area contributed by atoms with Crippen LogP contribution in [0.1, 0.15) is 16.1 Å². The summed E-state index contributed by atoms with van der Waals surface area (Å²) in [4.78, 5) is 24.3. The number of benzene rings is 1. The van der Waals surface area contributed by atoms with Gasteiger partial charge in [-0.2, -0.15) is 0 Å². The Balaban J connectivity index is 1.78. The van der Waals surface area contributed by atoms with Gasteiger partial charge in [-0.25, -0.2) is 15.0 Å². The molecule has 6 nitrogen and oxygen atoms in total. The summed E-state index contributed by atoms with van der Waals surface area (Å²) >= 11 is 1.35. The molecular weight excluding hydrogens is 298 g/mol. The molecule has 0 aliphatic rings. The molecule has 0 atom stereocenters. The van der Waals surface area contributed by atoms with Crippen molar-refractivity contribution in [3.63, 3.8) is 0 Å². The van der Waals surface area contributed by atoms with Gasteiger partial charge >= 0.3 is 0 Å². The number of aryl methyl sites for hydroxylation is 1. The molecule has 3 N–H and O–H groups in total. The topological polar surface area (TPSA) is 93.8 Å². The smallest absolute Gasteiger partial charge is 0.279 e. The zero-order chi connectivity index (χ0) is 15.5. The highest BCUT2D eigenvalue weighted by Crippen LogP contribution is 2.25. The fourth-order valence-corrected chi connectivity index (χ4v) is 2.58. The molecule has 0 bridgehead atoms. The summed E-state index contributed by atoms with van der Waals surface area (Å²) in [6.45, 7) is 2.03. The van der Waals surface area contributed by atoms with Crippen LogP contribution >= 0.6 is 11.3 Å². The van der Waals surface area contributed by atoms with Crippen LogP contribution < -0.4 is 11.1 Å². The maximum absolute atomic E-state index is 12.1. The van der Waals surface area contributed by atoms with E-state index in [2.05, 4.69) is 20.3 Å². The normalized spacial score (nSPS) is 10.4. The van der Waals surface area contributed by atoms with Gasteiger partial charge in [-0.05, 0) is 6.92 Å². The first kappa shape index (κ1) is 14.2. The quantitative estimate of drug-likeness (QED) is 0.775. The van der Waals surface area contributed by atoms with E-state index in [4.69, 9.17) is 5.73 Å². The number of rotatable bonds is 3. The highest BCUT2D eigenvalue weighted by atomic mass is 32.1.